The molecule has 1 amide bonds. The number of benzene rings is 4. The number of nitrogens with one attached hydrogen (secondary N) is 2. The minimum atomic E-state index is -4.39. The Labute approximate surface area is 510 Å². The molecule has 0 unspecified atom stereocenters. The number of ether oxygens (including phenoxy) is 1. The van der Waals surface area contributed by atoms with Crippen molar-refractivity contribution >= 4 is 81.7 Å². The van der Waals surface area contributed by atoms with E-state index < -0.39 is 11.7 Å². The Kier molecular flexibility index (Phi) is 18.0. The Bertz CT molecular complexity index is 4380. The molecule has 12 rings (SSSR count). The molecule has 6 aromatic rings. The van der Waals surface area contributed by atoms with Gasteiger partial charge in [0.05, 0.1) is 16.3 Å². The zero-order chi connectivity index (χ0) is 62.6. The predicted octanol–water partition coefficient (Wildman–Crippen LogP) is 14.3. The summed E-state index contributed by atoms with van der Waals surface area (Å²) in [5, 5.41) is 31.4. The van der Waals surface area contributed by atoms with Crippen LogP contribution >= 0.6 is 15.9 Å². The highest BCUT2D eigenvalue weighted by Crippen LogP contribution is 2.40. The van der Waals surface area contributed by atoms with Gasteiger partial charge in [-0.2, -0.15) is 13.2 Å². The van der Waals surface area contributed by atoms with Crippen molar-refractivity contribution in [3.63, 3.8) is 0 Å². The van der Waals surface area contributed by atoms with E-state index in [0.29, 0.717) is 33.6 Å². The van der Waals surface area contributed by atoms with Crippen molar-refractivity contribution in [2.75, 3.05) is 16.8 Å². The monoisotopic (exact) mass is 1240 g/mol. The van der Waals surface area contributed by atoms with Crippen LogP contribution < -0.4 is 35.9 Å². The number of aromatic amines is 2. The summed E-state index contributed by atoms with van der Waals surface area (Å²) in [7, 11) is 1.72. The first-order valence-electron chi connectivity index (χ1n) is 27.6. The van der Waals surface area contributed by atoms with E-state index in [0.717, 1.165) is 95.7 Å². The van der Waals surface area contributed by atoms with Crippen molar-refractivity contribution in [2.45, 2.75) is 59.9 Å². The Morgan fingerprint density at radius 1 is 0.609 bits per heavy atom. The SMILES string of the molecule is C=C1C=Cc2cc(Br)[nH]c2N1c1ccc(OC(C)C)cc1.C=C1C=Cc2cc(C(=O)N(C)C(C)C)[nH]c2N1c1ccc(C(F)(F)F)cc1.C=c1ccc2cc(=C(C)O)nc-2n1-c1ccc(O)cc1.C=c1ccc2cc(=C(C)O)nc-2n1-c1ccccc1. The van der Waals surface area contributed by atoms with Crippen molar-refractivity contribution in [3.8, 4) is 45.6 Å². The Morgan fingerprint density at radius 2 is 1.07 bits per heavy atom. The normalized spacial score (nSPS) is 13.3. The highest BCUT2D eigenvalue weighted by atomic mass is 79.9. The first kappa shape index (κ1) is 61.4. The molecule has 0 atom stereocenters. The fraction of sp³-hybridized carbons (Fsp3) is 0.145. The van der Waals surface area contributed by atoms with Gasteiger partial charge in [0.25, 0.3) is 5.91 Å². The fourth-order valence-corrected chi connectivity index (χ4v) is 10.00. The number of phenols is 1. The quantitative estimate of drug-likeness (QED) is 0.0996. The van der Waals surface area contributed by atoms with E-state index in [2.05, 4.69) is 79.2 Å². The lowest BCUT2D eigenvalue weighted by Crippen LogP contribution is -2.33. The summed E-state index contributed by atoms with van der Waals surface area (Å²) in [4.78, 5) is 33.3. The number of alkyl halides is 3. The Hall–Kier alpha value is -10.2. The number of aliphatic hydroxyl groups is 2. The highest BCUT2D eigenvalue weighted by Gasteiger charge is 2.31. The second-order valence-corrected chi connectivity index (χ2v) is 22.0. The van der Waals surface area contributed by atoms with Gasteiger partial charge < -0.3 is 34.9 Å². The van der Waals surface area contributed by atoms with Crippen molar-refractivity contribution in [1.29, 1.82) is 0 Å². The van der Waals surface area contributed by atoms with Gasteiger partial charge in [-0.1, -0.05) is 44.5 Å². The van der Waals surface area contributed by atoms with E-state index >= 15 is 0 Å². The zero-order valence-electron chi connectivity index (χ0n) is 49.0. The number of aliphatic hydroxyl groups excluding tert-OH is 2. The number of H-pyrrole nitrogens is 2. The van der Waals surface area contributed by atoms with E-state index in [1.807, 2.05) is 140 Å². The van der Waals surface area contributed by atoms with E-state index in [9.17, 15) is 33.3 Å². The van der Waals surface area contributed by atoms with Crippen LogP contribution in [0.5, 0.6) is 11.5 Å². The van der Waals surface area contributed by atoms with Crippen LogP contribution in [0.2, 0.25) is 0 Å². The lowest BCUT2D eigenvalue weighted by Gasteiger charge is -2.28. The summed E-state index contributed by atoms with van der Waals surface area (Å²) in [6.45, 7) is 27.3. The van der Waals surface area contributed by atoms with Crippen LogP contribution in [0.15, 0.2) is 193 Å². The number of rotatable bonds is 8. The largest absolute Gasteiger partial charge is 0.510 e. The van der Waals surface area contributed by atoms with Gasteiger partial charge >= 0.3 is 6.18 Å². The summed E-state index contributed by atoms with van der Waals surface area (Å²) in [5.41, 5.74) is 8.46. The molecular weight excluding hydrogens is 1170 g/mol. The minimum absolute atomic E-state index is 0.0364. The third kappa shape index (κ3) is 13.7. The number of carbonyl (C=O) groups excluding carboxylic acids is 1. The maximum atomic E-state index is 12.8. The summed E-state index contributed by atoms with van der Waals surface area (Å²) in [6, 6.07) is 45.0. The van der Waals surface area contributed by atoms with Gasteiger partial charge in [0.15, 0.2) is 0 Å². The van der Waals surface area contributed by atoms with Gasteiger partial charge in [-0.05, 0) is 215 Å². The molecule has 0 radical (unpaired) electrons. The number of nitrogens with zero attached hydrogens (tertiary/aromatic N) is 7. The standard InChI is InChI=1S/C20H20F3N3O.C17H17BrN2O.C16H14N2O2.C16H14N2O/c1-12(2)25(4)19(27)17-11-14-6-5-13(3)26(18(14)24-17)16-9-7-15(8-10-16)20(21,22)23;1-11(2)21-15-8-6-14(7-9-15)20-12(3)4-5-13-10-16(18)19-17(13)20;1-10-3-4-12-9-15(11(2)19)17-16(12)18(10)13-5-7-14(20)8-6-13;1-11-8-9-13-10-15(12(2)19)17-16(13)18(11)14-6-4-3-5-7-14/h5-12,24H,3H2,1-2,4H3;4-11,19H,3H2,1-2H3;3-9,19-20H,1H2,2H3;3-10,19H,1H2,2H3. The van der Waals surface area contributed by atoms with Crippen LogP contribution in [0.4, 0.5) is 36.2 Å². The van der Waals surface area contributed by atoms with E-state index in [-0.39, 0.29) is 35.3 Å². The lowest BCUT2D eigenvalue weighted by molar-refractivity contribution is -0.137. The first-order valence-corrected chi connectivity index (χ1v) is 28.4. The second kappa shape index (κ2) is 25.6. The van der Waals surface area contributed by atoms with Gasteiger partial charge in [-0.3, -0.25) is 23.7 Å². The van der Waals surface area contributed by atoms with E-state index in [1.54, 1.807) is 67.1 Å². The second-order valence-electron chi connectivity index (χ2n) is 21.1. The highest BCUT2D eigenvalue weighted by molar-refractivity contribution is 9.10. The number of hydrogen-bond acceptors (Lipinski definition) is 9. The summed E-state index contributed by atoms with van der Waals surface area (Å²) in [5.74, 6) is 4.49. The summed E-state index contributed by atoms with van der Waals surface area (Å²) < 4.78 is 49.0. The van der Waals surface area contributed by atoms with Crippen molar-refractivity contribution < 1.29 is 38.0 Å². The van der Waals surface area contributed by atoms with Crippen LogP contribution in [0.1, 0.15) is 68.7 Å². The molecule has 8 heterocycles. The fourth-order valence-electron chi connectivity index (χ4n) is 9.56. The molecule has 0 saturated carbocycles. The van der Waals surface area contributed by atoms with Crippen LogP contribution in [0.3, 0.4) is 0 Å². The Morgan fingerprint density at radius 3 is 1.54 bits per heavy atom. The third-order valence-corrected chi connectivity index (χ3v) is 14.5. The number of carbonyl (C=O) groups is 1. The maximum Gasteiger partial charge on any atom is 0.416 e. The van der Waals surface area contributed by atoms with E-state index in [1.165, 1.54) is 12.1 Å². The zero-order valence-corrected chi connectivity index (χ0v) is 50.6. The molecule has 18 heteroatoms. The van der Waals surface area contributed by atoms with Crippen LogP contribution in [0.25, 0.3) is 71.0 Å². The third-order valence-electron chi connectivity index (χ3n) is 14.1. The molecule has 0 fully saturated rings. The molecule has 2 aromatic heterocycles. The van der Waals surface area contributed by atoms with Gasteiger partial charge in [0.1, 0.15) is 62.7 Å². The maximum absolute atomic E-state index is 12.8. The number of allylic oxidation sites excluding steroid dienone is 2. The summed E-state index contributed by atoms with van der Waals surface area (Å²) >= 11 is 3.49. The number of pyridine rings is 2. The number of phenolic OH excluding ortho intramolecular Hbond substituents is 1. The number of anilines is 4. The molecule has 0 aliphatic carbocycles. The number of fused-ring (bicyclic) bond motifs is 4. The average molecular weight is 1240 g/mol. The molecule has 4 aromatic carbocycles. The number of aromatic hydroxyl groups is 1. The van der Waals surface area contributed by atoms with Crippen molar-refractivity contribution in [2.24, 2.45) is 0 Å². The molecule has 444 valence electrons. The lowest BCUT2D eigenvalue weighted by atomic mass is 10.1. The number of para-hydroxylation sites is 1. The van der Waals surface area contributed by atoms with Crippen LogP contribution in [0, 0.1) is 0 Å². The number of amides is 1. The molecule has 0 saturated heterocycles. The number of aromatic nitrogens is 6. The summed E-state index contributed by atoms with van der Waals surface area (Å²) in [6.07, 6.45) is 3.44. The molecule has 87 heavy (non-hydrogen) atoms. The molecule has 6 aliphatic rings. The molecule has 5 N–H and O–H groups in total. The predicted molar refractivity (Wildman–Crippen MR) is 346 cm³/mol. The average Bonchev–Trinajstić information content (AvgIpc) is 2.75. The van der Waals surface area contributed by atoms with Gasteiger partial charge in [-0.25, -0.2) is 9.97 Å². The van der Waals surface area contributed by atoms with Crippen LogP contribution in [-0.4, -0.2) is 74.4 Å². The number of halogens is 4. The first-order chi connectivity index (χ1) is 41.4. The number of hydrogen-bond donors (Lipinski definition) is 5. The van der Waals surface area contributed by atoms with E-state index in [4.69, 9.17) is 4.74 Å². The Balaban J connectivity index is 0.000000140. The molecule has 6 aliphatic heterocycles. The van der Waals surface area contributed by atoms with Gasteiger partial charge in [0.2, 0.25) is 0 Å². The topological polar surface area (TPSA) is 164 Å². The smallest absolute Gasteiger partial charge is 0.416 e. The van der Waals surface area contributed by atoms with Crippen molar-refractivity contribution in [3.05, 3.63) is 237 Å². The van der Waals surface area contributed by atoms with Gasteiger partial charge in [-0.15, -0.1) is 0 Å². The molecule has 0 spiro atoms. The minimum Gasteiger partial charge on any atom is -0.510 e. The van der Waals surface area contributed by atoms with Crippen LogP contribution in [-0.2, 0) is 6.18 Å². The van der Waals surface area contributed by atoms with Crippen molar-refractivity contribution in [1.82, 2.24) is 34.0 Å². The van der Waals surface area contributed by atoms with Gasteiger partial charge in [0, 0.05) is 80.2 Å². The molecule has 0 bridgehead atoms. The molecular formula is C69H65BrF3N9O5. The molecule has 14 nitrogen and oxygen atoms in total.